The summed E-state index contributed by atoms with van der Waals surface area (Å²) in [5.41, 5.74) is 4.47. The zero-order valence-corrected chi connectivity index (χ0v) is 23.1. The van der Waals surface area contributed by atoms with Gasteiger partial charge in [-0.3, -0.25) is 9.69 Å². The number of aromatic nitrogens is 2. The topological polar surface area (TPSA) is 120 Å². The largest absolute Gasteiger partial charge is 0.394 e. The van der Waals surface area contributed by atoms with Crippen molar-refractivity contribution in [1.29, 1.82) is 0 Å². The van der Waals surface area contributed by atoms with Crippen molar-refractivity contribution in [3.8, 4) is 11.3 Å². The first-order valence-electron chi connectivity index (χ1n) is 13.3. The summed E-state index contributed by atoms with van der Waals surface area (Å²) in [6.07, 6.45) is -0.234. The van der Waals surface area contributed by atoms with Crippen molar-refractivity contribution < 1.29 is 24.1 Å². The number of aryl methyl sites for hydroxylation is 1. The Labute approximate surface area is 237 Å². The lowest BCUT2D eigenvalue weighted by atomic mass is 10.0. The number of nitrogens with zero attached hydrogens (tertiary/aromatic N) is 3. The molecule has 2 aromatic carbocycles. The van der Waals surface area contributed by atoms with Crippen LogP contribution in [-0.2, 0) is 16.1 Å². The molecule has 40 heavy (non-hydrogen) atoms. The minimum absolute atomic E-state index is 0.0281. The number of hydrogen-bond donors (Lipinski definition) is 4. The number of amides is 1. The van der Waals surface area contributed by atoms with Crippen LogP contribution in [0.1, 0.15) is 47.9 Å². The van der Waals surface area contributed by atoms with E-state index in [-0.39, 0.29) is 25.1 Å². The lowest BCUT2D eigenvalue weighted by molar-refractivity contribution is -0.131. The van der Waals surface area contributed by atoms with Gasteiger partial charge in [-0.25, -0.2) is 14.4 Å². The standard InChI is InChI=1S/C29H33ClFN5O4/c1-16-4-3-5-18(10-16)25(14-37)33-27(38)17(2)36-13-20-7-6-19(11-21(20)28(36)39)26-22(30)12-32-29(35-26)34-24-8-9-40-15-23(24)31/h3-7,10-12,17,23-25,28,37,39H,8-9,13-15H2,1-2H3,(H,33,38)(H,32,34,35)/t17-,23?,24?,25-,28?/m1/s1. The van der Waals surface area contributed by atoms with Crippen LogP contribution in [0.15, 0.2) is 48.7 Å². The SMILES string of the molecule is Cc1cccc([C@@H](CO)NC(=O)[C@@H](C)N2Cc3ccc(-c4nc(NC5CCOCC5F)ncc4Cl)cc3C2O)c1. The summed E-state index contributed by atoms with van der Waals surface area (Å²) < 4.78 is 19.4. The van der Waals surface area contributed by atoms with Crippen LogP contribution in [-0.4, -0.2) is 69.1 Å². The van der Waals surface area contributed by atoms with Crippen molar-refractivity contribution in [1.82, 2.24) is 20.2 Å². The summed E-state index contributed by atoms with van der Waals surface area (Å²) in [5.74, 6) is -0.0459. The maximum Gasteiger partial charge on any atom is 0.237 e. The zero-order chi connectivity index (χ0) is 28.4. The minimum Gasteiger partial charge on any atom is -0.394 e. The third-order valence-corrected chi connectivity index (χ3v) is 7.81. The molecule has 0 aliphatic carbocycles. The van der Waals surface area contributed by atoms with E-state index in [1.165, 1.54) is 6.20 Å². The molecule has 1 fully saturated rings. The molecule has 3 heterocycles. The fraction of sp³-hybridized carbons (Fsp3) is 0.414. The molecule has 1 saturated heterocycles. The van der Waals surface area contributed by atoms with Gasteiger partial charge in [-0.15, -0.1) is 0 Å². The smallest absolute Gasteiger partial charge is 0.237 e. The number of halogens is 2. The molecule has 1 amide bonds. The summed E-state index contributed by atoms with van der Waals surface area (Å²) in [4.78, 5) is 23.6. The number of rotatable bonds is 8. The Morgan fingerprint density at radius 2 is 2.12 bits per heavy atom. The lowest BCUT2D eigenvalue weighted by Crippen LogP contribution is -2.46. The highest BCUT2D eigenvalue weighted by Crippen LogP contribution is 2.37. The van der Waals surface area contributed by atoms with Gasteiger partial charge in [-0.2, -0.15) is 0 Å². The number of alkyl halides is 1. The first-order chi connectivity index (χ1) is 19.2. The number of nitrogens with one attached hydrogen (secondary N) is 2. The molecular formula is C29H33ClFN5O4. The van der Waals surface area contributed by atoms with Crippen molar-refractivity contribution >= 4 is 23.5 Å². The number of hydrogen-bond acceptors (Lipinski definition) is 8. The normalized spacial score (nSPS) is 22.4. The number of carbonyl (C=O) groups excluding carboxylic acids is 1. The van der Waals surface area contributed by atoms with E-state index in [0.717, 1.165) is 16.7 Å². The second-order valence-corrected chi connectivity index (χ2v) is 10.7. The molecule has 0 bridgehead atoms. The highest BCUT2D eigenvalue weighted by Gasteiger charge is 2.36. The van der Waals surface area contributed by atoms with Gasteiger partial charge in [0.05, 0.1) is 48.3 Å². The van der Waals surface area contributed by atoms with Crippen LogP contribution in [0.2, 0.25) is 5.02 Å². The fourth-order valence-electron chi connectivity index (χ4n) is 5.17. The van der Waals surface area contributed by atoms with Gasteiger partial charge >= 0.3 is 0 Å². The molecule has 212 valence electrons. The summed E-state index contributed by atoms with van der Waals surface area (Å²) >= 11 is 6.44. The first-order valence-corrected chi connectivity index (χ1v) is 13.7. The van der Waals surface area contributed by atoms with E-state index in [4.69, 9.17) is 16.3 Å². The first kappa shape index (κ1) is 28.4. The van der Waals surface area contributed by atoms with Gasteiger partial charge in [0.25, 0.3) is 0 Å². The second-order valence-electron chi connectivity index (χ2n) is 10.3. The molecule has 5 rings (SSSR count). The van der Waals surface area contributed by atoms with Gasteiger partial charge in [0, 0.05) is 24.3 Å². The third kappa shape index (κ3) is 5.96. The van der Waals surface area contributed by atoms with Crippen LogP contribution in [0.3, 0.4) is 0 Å². The van der Waals surface area contributed by atoms with E-state index in [9.17, 15) is 19.4 Å². The zero-order valence-electron chi connectivity index (χ0n) is 22.3. The van der Waals surface area contributed by atoms with Crippen LogP contribution >= 0.6 is 11.6 Å². The monoisotopic (exact) mass is 569 g/mol. The van der Waals surface area contributed by atoms with Crippen molar-refractivity contribution in [3.63, 3.8) is 0 Å². The molecule has 3 unspecified atom stereocenters. The number of aliphatic hydroxyl groups is 2. The van der Waals surface area contributed by atoms with Crippen LogP contribution in [0.5, 0.6) is 0 Å². The molecule has 3 aromatic rings. The van der Waals surface area contributed by atoms with Crippen LogP contribution in [0.4, 0.5) is 10.3 Å². The predicted molar refractivity (Wildman–Crippen MR) is 149 cm³/mol. The molecule has 9 nitrogen and oxygen atoms in total. The molecular weight excluding hydrogens is 537 g/mol. The van der Waals surface area contributed by atoms with Crippen molar-refractivity contribution in [3.05, 3.63) is 75.9 Å². The summed E-state index contributed by atoms with van der Waals surface area (Å²) in [5, 5.41) is 27.4. The number of fused-ring (bicyclic) bond motifs is 1. The van der Waals surface area contributed by atoms with Crippen molar-refractivity contribution in [2.45, 2.75) is 57.3 Å². The Bertz CT molecular complexity index is 1380. The summed E-state index contributed by atoms with van der Waals surface area (Å²) in [6.45, 7) is 4.29. The summed E-state index contributed by atoms with van der Waals surface area (Å²) in [7, 11) is 0. The van der Waals surface area contributed by atoms with E-state index in [1.54, 1.807) is 17.9 Å². The molecule has 0 radical (unpaired) electrons. The predicted octanol–water partition coefficient (Wildman–Crippen LogP) is 3.69. The Kier molecular flexibility index (Phi) is 8.62. The maximum absolute atomic E-state index is 14.2. The highest BCUT2D eigenvalue weighted by atomic mass is 35.5. The molecule has 2 aliphatic rings. The number of aliphatic hydroxyl groups excluding tert-OH is 2. The van der Waals surface area contributed by atoms with Gasteiger partial charge < -0.3 is 25.6 Å². The van der Waals surface area contributed by atoms with Crippen molar-refractivity contribution in [2.75, 3.05) is 25.1 Å². The van der Waals surface area contributed by atoms with Gasteiger partial charge in [0.1, 0.15) is 12.4 Å². The van der Waals surface area contributed by atoms with E-state index in [0.29, 0.717) is 41.4 Å². The van der Waals surface area contributed by atoms with E-state index < -0.39 is 30.5 Å². The van der Waals surface area contributed by atoms with Gasteiger partial charge in [0.15, 0.2) is 0 Å². The molecule has 4 N–H and O–H groups in total. The Balaban J connectivity index is 1.31. The molecule has 0 spiro atoms. The average molecular weight is 570 g/mol. The number of benzene rings is 2. The molecule has 2 aliphatic heterocycles. The second kappa shape index (κ2) is 12.2. The molecule has 0 saturated carbocycles. The molecule has 1 aromatic heterocycles. The molecule has 11 heteroatoms. The number of carbonyl (C=O) groups is 1. The minimum atomic E-state index is -1.17. The van der Waals surface area contributed by atoms with Gasteiger partial charge in [-0.1, -0.05) is 53.6 Å². The lowest BCUT2D eigenvalue weighted by Gasteiger charge is -2.28. The van der Waals surface area contributed by atoms with Gasteiger partial charge in [0.2, 0.25) is 11.9 Å². The van der Waals surface area contributed by atoms with Crippen molar-refractivity contribution in [2.24, 2.45) is 0 Å². The van der Waals surface area contributed by atoms with Crippen LogP contribution in [0, 0.1) is 6.92 Å². The van der Waals surface area contributed by atoms with Gasteiger partial charge in [-0.05, 0) is 37.5 Å². The Morgan fingerprint density at radius 3 is 2.88 bits per heavy atom. The van der Waals surface area contributed by atoms with E-state index >= 15 is 0 Å². The van der Waals surface area contributed by atoms with Crippen LogP contribution < -0.4 is 10.6 Å². The highest BCUT2D eigenvalue weighted by molar-refractivity contribution is 6.32. The fourth-order valence-corrected chi connectivity index (χ4v) is 5.37. The Hall–Kier alpha value is -3.15. The Morgan fingerprint density at radius 1 is 1.30 bits per heavy atom. The number of ether oxygens (including phenoxy) is 1. The summed E-state index contributed by atoms with van der Waals surface area (Å²) in [6, 6.07) is 11.5. The third-order valence-electron chi connectivity index (χ3n) is 7.53. The quantitative estimate of drug-likeness (QED) is 0.324. The average Bonchev–Trinajstić information content (AvgIpc) is 3.28. The number of anilines is 1. The maximum atomic E-state index is 14.2. The van der Waals surface area contributed by atoms with Crippen LogP contribution in [0.25, 0.3) is 11.3 Å². The van der Waals surface area contributed by atoms with E-state index in [1.807, 2.05) is 43.3 Å². The van der Waals surface area contributed by atoms with E-state index in [2.05, 4.69) is 20.6 Å². The molecule has 5 atom stereocenters.